The van der Waals surface area contributed by atoms with Gasteiger partial charge in [-0.1, -0.05) is 13.0 Å². The molecule has 1 atom stereocenters. The second-order valence-electron chi connectivity index (χ2n) is 4.78. The van der Waals surface area contributed by atoms with Gasteiger partial charge in [-0.05, 0) is 19.4 Å². The summed E-state index contributed by atoms with van der Waals surface area (Å²) in [6.45, 7) is 5.04. The van der Waals surface area contributed by atoms with Gasteiger partial charge < -0.3 is 14.8 Å². The topological polar surface area (TPSA) is 43.4 Å². The van der Waals surface area contributed by atoms with Gasteiger partial charge in [-0.2, -0.15) is 0 Å². The number of aryl methyl sites for hydroxylation is 1. The summed E-state index contributed by atoms with van der Waals surface area (Å²) in [7, 11) is 3.34. The summed E-state index contributed by atoms with van der Waals surface area (Å²) in [5.41, 5.74) is 1.12. The molecule has 0 fully saturated rings. The molecule has 0 bridgehead atoms. The zero-order valence-electron chi connectivity index (χ0n) is 13.0. The number of benzene rings is 1. The predicted molar refractivity (Wildman–Crippen MR) is 86.3 cm³/mol. The van der Waals surface area contributed by atoms with Crippen LogP contribution in [0.5, 0.6) is 11.5 Å². The molecule has 21 heavy (non-hydrogen) atoms. The molecule has 2 rings (SSSR count). The first-order valence-corrected chi connectivity index (χ1v) is 7.88. The summed E-state index contributed by atoms with van der Waals surface area (Å²) in [6, 6.07) is 6.08. The van der Waals surface area contributed by atoms with E-state index in [1.165, 1.54) is 4.88 Å². The van der Waals surface area contributed by atoms with E-state index in [1.807, 2.05) is 24.4 Å². The molecule has 0 aliphatic rings. The number of methoxy groups -OCH3 is 2. The zero-order valence-corrected chi connectivity index (χ0v) is 13.8. The lowest BCUT2D eigenvalue weighted by atomic mass is 10.1. The lowest BCUT2D eigenvalue weighted by Crippen LogP contribution is -2.18. The lowest BCUT2D eigenvalue weighted by Gasteiger charge is -2.17. The van der Waals surface area contributed by atoms with Gasteiger partial charge in [0.2, 0.25) is 0 Å². The largest absolute Gasteiger partial charge is 0.497 e. The van der Waals surface area contributed by atoms with Crippen LogP contribution in [0.2, 0.25) is 0 Å². The highest BCUT2D eigenvalue weighted by molar-refractivity contribution is 7.11. The van der Waals surface area contributed by atoms with Crippen molar-refractivity contribution in [1.29, 1.82) is 0 Å². The summed E-state index contributed by atoms with van der Waals surface area (Å²) in [5.74, 6) is 1.64. The fourth-order valence-electron chi connectivity index (χ4n) is 2.12. The molecule has 0 saturated heterocycles. The van der Waals surface area contributed by atoms with E-state index in [1.54, 1.807) is 25.6 Å². The first-order valence-electron chi connectivity index (χ1n) is 7.06. The van der Waals surface area contributed by atoms with Crippen LogP contribution in [0, 0.1) is 0 Å². The van der Waals surface area contributed by atoms with Gasteiger partial charge in [0.1, 0.15) is 16.5 Å². The number of nitrogens with one attached hydrogen (secondary N) is 1. The van der Waals surface area contributed by atoms with Crippen molar-refractivity contribution in [2.75, 3.05) is 14.2 Å². The summed E-state index contributed by atoms with van der Waals surface area (Å²) in [6.07, 6.45) is 3.00. The first kappa shape index (κ1) is 15.8. The molecule has 1 unspecified atom stereocenters. The number of hydrogen-bond donors (Lipinski definition) is 1. The van der Waals surface area contributed by atoms with Crippen molar-refractivity contribution in [2.45, 2.75) is 32.9 Å². The molecule has 0 amide bonds. The van der Waals surface area contributed by atoms with E-state index >= 15 is 0 Å². The molecular weight excluding hydrogens is 284 g/mol. The van der Waals surface area contributed by atoms with Crippen LogP contribution in [-0.4, -0.2) is 19.2 Å². The average molecular weight is 306 g/mol. The van der Waals surface area contributed by atoms with Gasteiger partial charge in [0.25, 0.3) is 0 Å². The predicted octanol–water partition coefficient (Wildman–Crippen LogP) is 3.57. The third-order valence-electron chi connectivity index (χ3n) is 3.42. The van der Waals surface area contributed by atoms with E-state index < -0.39 is 0 Å². The Morgan fingerprint density at radius 2 is 2.10 bits per heavy atom. The fourth-order valence-corrected chi connectivity index (χ4v) is 2.93. The Balaban J connectivity index is 2.04. The normalized spacial score (nSPS) is 12.2. The summed E-state index contributed by atoms with van der Waals surface area (Å²) in [4.78, 5) is 5.75. The molecule has 1 aromatic heterocycles. The van der Waals surface area contributed by atoms with Crippen molar-refractivity contribution in [3.63, 3.8) is 0 Å². The van der Waals surface area contributed by atoms with Crippen LogP contribution in [-0.2, 0) is 13.0 Å². The maximum absolute atomic E-state index is 5.45. The molecule has 0 saturated carbocycles. The Morgan fingerprint density at radius 3 is 2.71 bits per heavy atom. The number of thiazole rings is 1. The van der Waals surface area contributed by atoms with Crippen LogP contribution >= 0.6 is 11.3 Å². The molecular formula is C16H22N2O2S. The van der Waals surface area contributed by atoms with Gasteiger partial charge in [0.15, 0.2) is 0 Å². The maximum atomic E-state index is 5.45. The van der Waals surface area contributed by atoms with Gasteiger partial charge in [-0.3, -0.25) is 0 Å². The van der Waals surface area contributed by atoms with Crippen molar-refractivity contribution in [3.05, 3.63) is 39.8 Å². The standard InChI is InChI=1S/C16H22N2O2S/c1-5-13-9-18-16(21-13)10-17-11(2)14-7-6-12(19-3)8-15(14)20-4/h6-9,11,17H,5,10H2,1-4H3. The van der Waals surface area contributed by atoms with Crippen molar-refractivity contribution in [2.24, 2.45) is 0 Å². The Hall–Kier alpha value is -1.59. The Morgan fingerprint density at radius 1 is 1.29 bits per heavy atom. The Labute approximate surface area is 130 Å². The summed E-state index contributed by atoms with van der Waals surface area (Å²) >= 11 is 1.76. The quantitative estimate of drug-likeness (QED) is 0.849. The van der Waals surface area contributed by atoms with E-state index in [9.17, 15) is 0 Å². The molecule has 1 N–H and O–H groups in total. The number of nitrogens with zero attached hydrogens (tertiary/aromatic N) is 1. The van der Waals surface area contributed by atoms with Crippen molar-refractivity contribution >= 4 is 11.3 Å². The number of rotatable bonds is 7. The van der Waals surface area contributed by atoms with Gasteiger partial charge in [0, 0.05) is 35.3 Å². The second-order valence-corrected chi connectivity index (χ2v) is 5.98. The summed E-state index contributed by atoms with van der Waals surface area (Å²) in [5, 5.41) is 4.61. The van der Waals surface area contributed by atoms with Crippen molar-refractivity contribution < 1.29 is 9.47 Å². The molecule has 0 aliphatic heterocycles. The smallest absolute Gasteiger partial charge is 0.127 e. The first-order chi connectivity index (χ1) is 10.2. The number of aromatic nitrogens is 1. The third-order valence-corrected chi connectivity index (χ3v) is 4.56. The monoisotopic (exact) mass is 306 g/mol. The minimum absolute atomic E-state index is 0.180. The molecule has 4 nitrogen and oxygen atoms in total. The van der Waals surface area contributed by atoms with Crippen LogP contribution in [0.1, 0.15) is 35.3 Å². The van der Waals surface area contributed by atoms with Gasteiger partial charge in [0.05, 0.1) is 14.2 Å². The zero-order chi connectivity index (χ0) is 15.2. The van der Waals surface area contributed by atoms with Crippen molar-refractivity contribution in [1.82, 2.24) is 10.3 Å². The van der Waals surface area contributed by atoms with E-state index in [0.29, 0.717) is 0 Å². The minimum atomic E-state index is 0.180. The van der Waals surface area contributed by atoms with Crippen LogP contribution in [0.25, 0.3) is 0 Å². The Kier molecular flexibility index (Phi) is 5.59. The average Bonchev–Trinajstić information content (AvgIpc) is 3.00. The molecule has 5 heteroatoms. The molecule has 0 spiro atoms. The molecule has 0 radical (unpaired) electrons. The van der Waals surface area contributed by atoms with Crippen molar-refractivity contribution in [3.8, 4) is 11.5 Å². The second kappa shape index (κ2) is 7.43. The molecule has 2 aromatic rings. The molecule has 1 heterocycles. The molecule has 0 aliphatic carbocycles. The van der Waals surface area contributed by atoms with Gasteiger partial charge in [-0.25, -0.2) is 4.98 Å². The van der Waals surface area contributed by atoms with E-state index in [-0.39, 0.29) is 6.04 Å². The third kappa shape index (κ3) is 3.95. The van der Waals surface area contributed by atoms with Crippen LogP contribution in [0.15, 0.2) is 24.4 Å². The fraction of sp³-hybridized carbons (Fsp3) is 0.438. The lowest BCUT2D eigenvalue weighted by molar-refractivity contribution is 0.385. The molecule has 1 aromatic carbocycles. The SMILES string of the molecule is CCc1cnc(CNC(C)c2ccc(OC)cc2OC)s1. The van der Waals surface area contributed by atoms with Gasteiger partial charge >= 0.3 is 0 Å². The Bertz CT molecular complexity index is 583. The highest BCUT2D eigenvalue weighted by Crippen LogP contribution is 2.29. The van der Waals surface area contributed by atoms with Gasteiger partial charge in [-0.15, -0.1) is 11.3 Å². The van der Waals surface area contributed by atoms with E-state index in [2.05, 4.69) is 24.1 Å². The molecule has 114 valence electrons. The maximum Gasteiger partial charge on any atom is 0.127 e. The highest BCUT2D eigenvalue weighted by atomic mass is 32.1. The minimum Gasteiger partial charge on any atom is -0.497 e. The highest BCUT2D eigenvalue weighted by Gasteiger charge is 2.12. The van der Waals surface area contributed by atoms with E-state index in [0.717, 1.165) is 35.0 Å². The number of ether oxygens (including phenoxy) is 2. The van der Waals surface area contributed by atoms with E-state index in [4.69, 9.17) is 9.47 Å². The summed E-state index contributed by atoms with van der Waals surface area (Å²) < 4.78 is 10.7. The number of hydrogen-bond acceptors (Lipinski definition) is 5. The van der Waals surface area contributed by atoms with Crippen LogP contribution in [0.4, 0.5) is 0 Å². The van der Waals surface area contributed by atoms with Crippen LogP contribution < -0.4 is 14.8 Å². The van der Waals surface area contributed by atoms with Crippen LogP contribution in [0.3, 0.4) is 0 Å².